The molecule has 0 amide bonds. The lowest BCUT2D eigenvalue weighted by Gasteiger charge is -2.05. The van der Waals surface area contributed by atoms with Crippen LogP contribution in [-0.2, 0) is 5.75 Å². The number of aromatic nitrogens is 4. The number of hydrogen-bond acceptors (Lipinski definition) is 5. The number of fused-ring (bicyclic) bond motifs is 1. The summed E-state index contributed by atoms with van der Waals surface area (Å²) in [5.41, 5.74) is 2.41. The molecule has 2 heterocycles. The summed E-state index contributed by atoms with van der Waals surface area (Å²) in [5, 5.41) is 10.1. The van der Waals surface area contributed by atoms with E-state index in [1.54, 1.807) is 12.4 Å². The van der Waals surface area contributed by atoms with Crippen molar-refractivity contribution in [2.45, 2.75) is 10.8 Å². The molecule has 21 heavy (non-hydrogen) atoms. The molecular formula is C13H9ClN4O2S. The van der Waals surface area contributed by atoms with Crippen molar-refractivity contribution in [1.82, 2.24) is 19.9 Å². The summed E-state index contributed by atoms with van der Waals surface area (Å²) in [6, 6.07) is 4.70. The minimum Gasteiger partial charge on any atom is -0.478 e. The number of thioether (sulfide) groups is 1. The van der Waals surface area contributed by atoms with Gasteiger partial charge in [-0.2, -0.15) is 0 Å². The number of carboxylic acid groups (broad SMARTS) is 1. The summed E-state index contributed by atoms with van der Waals surface area (Å²) < 4.78 is 0. The second-order valence-corrected chi connectivity index (χ2v) is 5.55. The maximum atomic E-state index is 10.9. The van der Waals surface area contributed by atoms with Gasteiger partial charge in [-0.25, -0.2) is 19.7 Å². The van der Waals surface area contributed by atoms with Gasteiger partial charge >= 0.3 is 5.97 Å². The van der Waals surface area contributed by atoms with Gasteiger partial charge in [-0.3, -0.25) is 0 Å². The second-order valence-electron chi connectivity index (χ2n) is 4.18. The quantitative estimate of drug-likeness (QED) is 0.567. The van der Waals surface area contributed by atoms with Gasteiger partial charge in [0.2, 0.25) is 0 Å². The molecule has 3 rings (SSSR count). The predicted octanol–water partition coefficient (Wildman–Crippen LogP) is 3.00. The van der Waals surface area contributed by atoms with Gasteiger partial charge in [0.1, 0.15) is 16.9 Å². The Balaban J connectivity index is 1.82. The van der Waals surface area contributed by atoms with Gasteiger partial charge in [-0.15, -0.1) is 0 Å². The van der Waals surface area contributed by atoms with E-state index in [4.69, 9.17) is 16.7 Å². The van der Waals surface area contributed by atoms with Crippen molar-refractivity contribution in [3.8, 4) is 0 Å². The predicted molar refractivity (Wildman–Crippen MR) is 79.7 cm³/mol. The molecule has 0 bridgehead atoms. The van der Waals surface area contributed by atoms with Crippen LogP contribution >= 0.6 is 23.4 Å². The number of carbonyl (C=O) groups is 1. The highest BCUT2D eigenvalue weighted by Crippen LogP contribution is 2.28. The Morgan fingerprint density at radius 1 is 1.33 bits per heavy atom. The first kappa shape index (κ1) is 13.8. The van der Waals surface area contributed by atoms with Gasteiger partial charge in [0.05, 0.1) is 11.9 Å². The number of hydrogen-bond donors (Lipinski definition) is 2. The van der Waals surface area contributed by atoms with E-state index in [0.717, 1.165) is 16.1 Å². The number of imidazole rings is 1. The molecule has 1 aromatic carbocycles. The molecule has 0 fully saturated rings. The Hall–Kier alpha value is -2.12. The van der Waals surface area contributed by atoms with Crippen LogP contribution in [0.15, 0.2) is 35.9 Å². The van der Waals surface area contributed by atoms with Crippen LogP contribution in [-0.4, -0.2) is 31.0 Å². The van der Waals surface area contributed by atoms with E-state index in [2.05, 4.69) is 19.9 Å². The second kappa shape index (κ2) is 5.71. The molecule has 0 saturated heterocycles. The largest absolute Gasteiger partial charge is 0.478 e. The zero-order valence-electron chi connectivity index (χ0n) is 10.6. The molecule has 0 saturated carbocycles. The standard InChI is InChI=1S/C13H9ClN4O2S/c14-9-3-7(13(19)20)1-2-8(9)4-21-12-10-11(16-5-15-10)17-6-18-12/h1-3,5-6H,4H2,(H,19,20)(H,15,16,17,18). The number of aromatic carboxylic acids is 1. The van der Waals surface area contributed by atoms with Crippen molar-refractivity contribution in [2.24, 2.45) is 0 Å². The Labute approximate surface area is 128 Å². The molecule has 0 aliphatic heterocycles. The first-order valence-corrected chi connectivity index (χ1v) is 7.30. The van der Waals surface area contributed by atoms with Crippen LogP contribution in [0.5, 0.6) is 0 Å². The topological polar surface area (TPSA) is 91.8 Å². The van der Waals surface area contributed by atoms with Crippen LogP contribution in [0.25, 0.3) is 11.2 Å². The highest BCUT2D eigenvalue weighted by Gasteiger charge is 2.10. The molecule has 6 nitrogen and oxygen atoms in total. The van der Waals surface area contributed by atoms with Crippen LogP contribution in [0.1, 0.15) is 15.9 Å². The van der Waals surface area contributed by atoms with E-state index < -0.39 is 5.97 Å². The molecule has 0 radical (unpaired) electrons. The fraction of sp³-hybridized carbons (Fsp3) is 0.0769. The average Bonchev–Trinajstić information content (AvgIpc) is 2.94. The highest BCUT2D eigenvalue weighted by atomic mass is 35.5. The lowest BCUT2D eigenvalue weighted by Crippen LogP contribution is -1.97. The minimum absolute atomic E-state index is 0.173. The van der Waals surface area contributed by atoms with Crippen LogP contribution in [0.4, 0.5) is 0 Å². The van der Waals surface area contributed by atoms with Gasteiger partial charge < -0.3 is 10.1 Å². The molecule has 0 aliphatic carbocycles. The fourth-order valence-electron chi connectivity index (χ4n) is 1.80. The molecule has 0 spiro atoms. The van der Waals surface area contributed by atoms with E-state index in [9.17, 15) is 4.79 Å². The van der Waals surface area contributed by atoms with E-state index in [-0.39, 0.29) is 5.56 Å². The maximum Gasteiger partial charge on any atom is 0.335 e. The summed E-state index contributed by atoms with van der Waals surface area (Å²) in [4.78, 5) is 26.2. The summed E-state index contributed by atoms with van der Waals surface area (Å²) in [6.07, 6.45) is 3.03. The molecule has 8 heteroatoms. The van der Waals surface area contributed by atoms with E-state index in [1.807, 2.05) is 0 Å². The number of H-pyrrole nitrogens is 1. The Morgan fingerprint density at radius 2 is 2.19 bits per heavy atom. The molecule has 106 valence electrons. The molecule has 0 unspecified atom stereocenters. The van der Waals surface area contributed by atoms with Gasteiger partial charge in [0.25, 0.3) is 0 Å². The summed E-state index contributed by atoms with van der Waals surface area (Å²) in [7, 11) is 0. The first-order chi connectivity index (χ1) is 10.1. The number of carboxylic acids is 1. The summed E-state index contributed by atoms with van der Waals surface area (Å²) >= 11 is 7.59. The zero-order chi connectivity index (χ0) is 14.8. The number of halogens is 1. The maximum absolute atomic E-state index is 10.9. The Kier molecular flexibility index (Phi) is 3.76. The molecule has 0 aliphatic rings. The van der Waals surface area contributed by atoms with Crippen LogP contribution < -0.4 is 0 Å². The third-order valence-electron chi connectivity index (χ3n) is 2.85. The van der Waals surface area contributed by atoms with Crippen molar-refractivity contribution in [3.63, 3.8) is 0 Å². The normalized spacial score (nSPS) is 10.9. The van der Waals surface area contributed by atoms with E-state index in [1.165, 1.54) is 30.2 Å². The first-order valence-electron chi connectivity index (χ1n) is 5.94. The third kappa shape index (κ3) is 2.84. The lowest BCUT2D eigenvalue weighted by molar-refractivity contribution is 0.0697. The van der Waals surface area contributed by atoms with Crippen molar-refractivity contribution in [3.05, 3.63) is 47.0 Å². The van der Waals surface area contributed by atoms with E-state index >= 15 is 0 Å². The van der Waals surface area contributed by atoms with Gasteiger partial charge in [0, 0.05) is 10.8 Å². The van der Waals surface area contributed by atoms with Crippen LogP contribution in [0.3, 0.4) is 0 Å². The SMILES string of the molecule is O=C(O)c1ccc(CSc2ncnc3nc[nH]c23)c(Cl)c1. The monoisotopic (exact) mass is 320 g/mol. The van der Waals surface area contributed by atoms with Gasteiger partial charge in [-0.1, -0.05) is 29.4 Å². The molecule has 2 aromatic heterocycles. The third-order valence-corrected chi connectivity index (χ3v) is 4.24. The lowest BCUT2D eigenvalue weighted by atomic mass is 10.1. The zero-order valence-corrected chi connectivity index (χ0v) is 12.1. The minimum atomic E-state index is -0.994. The number of nitrogens with one attached hydrogen (secondary N) is 1. The molecule has 2 N–H and O–H groups in total. The Morgan fingerprint density at radius 3 is 2.95 bits per heavy atom. The fourth-order valence-corrected chi connectivity index (χ4v) is 3.08. The van der Waals surface area contributed by atoms with Gasteiger partial charge in [0.15, 0.2) is 5.65 Å². The van der Waals surface area contributed by atoms with Crippen LogP contribution in [0.2, 0.25) is 5.02 Å². The number of aromatic amines is 1. The van der Waals surface area contributed by atoms with Crippen molar-refractivity contribution in [2.75, 3.05) is 0 Å². The molecular weight excluding hydrogens is 312 g/mol. The molecule has 3 aromatic rings. The highest BCUT2D eigenvalue weighted by molar-refractivity contribution is 7.98. The van der Waals surface area contributed by atoms with Crippen LogP contribution in [0, 0.1) is 0 Å². The van der Waals surface area contributed by atoms with Gasteiger partial charge in [-0.05, 0) is 17.7 Å². The Bertz CT molecular complexity index is 821. The van der Waals surface area contributed by atoms with Crippen molar-refractivity contribution in [1.29, 1.82) is 0 Å². The smallest absolute Gasteiger partial charge is 0.335 e. The number of benzene rings is 1. The summed E-state index contributed by atoms with van der Waals surface area (Å²) in [6.45, 7) is 0. The van der Waals surface area contributed by atoms with E-state index in [0.29, 0.717) is 16.4 Å². The molecule has 0 atom stereocenters. The number of rotatable bonds is 4. The van der Waals surface area contributed by atoms with Crippen molar-refractivity contribution < 1.29 is 9.90 Å². The average molecular weight is 321 g/mol. The summed E-state index contributed by atoms with van der Waals surface area (Å²) in [5.74, 6) is -0.421. The van der Waals surface area contributed by atoms with Crippen molar-refractivity contribution >= 4 is 40.5 Å². The number of nitrogens with zero attached hydrogens (tertiary/aromatic N) is 3.